The maximum atomic E-state index is 5.95. The van der Waals surface area contributed by atoms with E-state index in [2.05, 4.69) is 31.8 Å². The zero-order valence-corrected chi connectivity index (χ0v) is 9.76. The SMILES string of the molecule is CC(C)(C)c1ccc(C(C)(C)N)nc1. The molecule has 0 radical (unpaired) electrons. The van der Waals surface area contributed by atoms with E-state index in [0.29, 0.717) is 0 Å². The molecule has 0 saturated heterocycles. The summed E-state index contributed by atoms with van der Waals surface area (Å²) in [6.07, 6.45) is 1.92. The van der Waals surface area contributed by atoms with Gasteiger partial charge in [0.25, 0.3) is 0 Å². The van der Waals surface area contributed by atoms with E-state index in [9.17, 15) is 0 Å². The lowest BCUT2D eigenvalue weighted by atomic mass is 9.87. The topological polar surface area (TPSA) is 38.9 Å². The fourth-order valence-electron chi connectivity index (χ4n) is 1.22. The van der Waals surface area contributed by atoms with Crippen LogP contribution in [-0.4, -0.2) is 4.98 Å². The lowest BCUT2D eigenvalue weighted by Gasteiger charge is -2.22. The molecule has 0 aliphatic carbocycles. The van der Waals surface area contributed by atoms with Gasteiger partial charge in [-0.15, -0.1) is 0 Å². The van der Waals surface area contributed by atoms with Gasteiger partial charge in [0, 0.05) is 6.20 Å². The van der Waals surface area contributed by atoms with Crippen molar-refractivity contribution >= 4 is 0 Å². The maximum absolute atomic E-state index is 5.95. The van der Waals surface area contributed by atoms with Crippen molar-refractivity contribution in [3.63, 3.8) is 0 Å². The van der Waals surface area contributed by atoms with Crippen molar-refractivity contribution in [2.75, 3.05) is 0 Å². The Kier molecular flexibility index (Phi) is 2.68. The molecule has 0 aromatic carbocycles. The average molecular weight is 192 g/mol. The highest BCUT2D eigenvalue weighted by molar-refractivity contribution is 5.23. The molecule has 0 aliphatic heterocycles. The van der Waals surface area contributed by atoms with Crippen LogP contribution in [-0.2, 0) is 11.0 Å². The molecule has 0 aliphatic rings. The van der Waals surface area contributed by atoms with Crippen molar-refractivity contribution in [1.29, 1.82) is 0 Å². The van der Waals surface area contributed by atoms with Gasteiger partial charge in [0.1, 0.15) is 0 Å². The Morgan fingerprint density at radius 2 is 1.64 bits per heavy atom. The number of hydrogen-bond acceptors (Lipinski definition) is 2. The molecule has 78 valence electrons. The largest absolute Gasteiger partial charge is 0.321 e. The summed E-state index contributed by atoms with van der Waals surface area (Å²) in [7, 11) is 0. The summed E-state index contributed by atoms with van der Waals surface area (Å²) in [5, 5.41) is 0. The molecule has 14 heavy (non-hydrogen) atoms. The van der Waals surface area contributed by atoms with Crippen molar-refractivity contribution in [2.45, 2.75) is 45.6 Å². The highest BCUT2D eigenvalue weighted by Crippen LogP contribution is 2.23. The fraction of sp³-hybridized carbons (Fsp3) is 0.583. The van der Waals surface area contributed by atoms with Crippen LogP contribution in [0.1, 0.15) is 45.9 Å². The normalized spacial score (nSPS) is 13.0. The zero-order valence-electron chi connectivity index (χ0n) is 9.76. The zero-order chi connectivity index (χ0) is 11.0. The predicted molar refractivity (Wildman–Crippen MR) is 60.2 cm³/mol. The Balaban J connectivity index is 3.02. The summed E-state index contributed by atoms with van der Waals surface area (Å²) in [5.74, 6) is 0. The van der Waals surface area contributed by atoms with E-state index < -0.39 is 0 Å². The first-order valence-electron chi connectivity index (χ1n) is 4.97. The molecular weight excluding hydrogens is 172 g/mol. The highest BCUT2D eigenvalue weighted by atomic mass is 14.8. The Morgan fingerprint density at radius 1 is 1.07 bits per heavy atom. The number of hydrogen-bond donors (Lipinski definition) is 1. The van der Waals surface area contributed by atoms with Crippen LogP contribution in [0, 0.1) is 0 Å². The first kappa shape index (κ1) is 11.2. The number of nitrogens with zero attached hydrogens (tertiary/aromatic N) is 1. The van der Waals surface area contributed by atoms with Gasteiger partial charge in [-0.25, -0.2) is 0 Å². The Labute approximate surface area is 86.5 Å². The first-order chi connectivity index (χ1) is 6.21. The van der Waals surface area contributed by atoms with Crippen LogP contribution >= 0.6 is 0 Å². The number of rotatable bonds is 1. The van der Waals surface area contributed by atoms with Gasteiger partial charge in [0.15, 0.2) is 0 Å². The quantitative estimate of drug-likeness (QED) is 0.742. The maximum Gasteiger partial charge on any atom is 0.0596 e. The van der Waals surface area contributed by atoms with Crippen LogP contribution in [0.25, 0.3) is 0 Å². The first-order valence-corrected chi connectivity index (χ1v) is 4.97. The molecular formula is C12H20N2. The minimum absolute atomic E-state index is 0.157. The van der Waals surface area contributed by atoms with Gasteiger partial charge in [-0.2, -0.15) is 0 Å². The predicted octanol–water partition coefficient (Wildman–Crippen LogP) is 2.57. The van der Waals surface area contributed by atoms with E-state index in [1.165, 1.54) is 5.56 Å². The monoisotopic (exact) mass is 192 g/mol. The Hall–Kier alpha value is -0.890. The minimum atomic E-state index is -0.351. The average Bonchev–Trinajstić information content (AvgIpc) is 2.01. The van der Waals surface area contributed by atoms with Gasteiger partial charge in [-0.3, -0.25) is 4.98 Å². The summed E-state index contributed by atoms with van der Waals surface area (Å²) in [6.45, 7) is 10.5. The minimum Gasteiger partial charge on any atom is -0.321 e. The number of nitrogens with two attached hydrogens (primary N) is 1. The summed E-state index contributed by atoms with van der Waals surface area (Å²) in [5.41, 5.74) is 7.94. The van der Waals surface area contributed by atoms with E-state index in [-0.39, 0.29) is 11.0 Å². The number of aromatic nitrogens is 1. The molecule has 1 aromatic rings. The van der Waals surface area contributed by atoms with Gasteiger partial charge >= 0.3 is 0 Å². The molecule has 0 unspecified atom stereocenters. The van der Waals surface area contributed by atoms with Crippen LogP contribution in [0.4, 0.5) is 0 Å². The standard InChI is InChI=1S/C12H20N2/c1-11(2,3)9-6-7-10(14-8-9)12(4,5)13/h6-8H,13H2,1-5H3. The van der Waals surface area contributed by atoms with E-state index in [1.807, 2.05) is 26.1 Å². The van der Waals surface area contributed by atoms with Crippen LogP contribution in [0.3, 0.4) is 0 Å². The van der Waals surface area contributed by atoms with Crippen LogP contribution in [0.2, 0.25) is 0 Å². The smallest absolute Gasteiger partial charge is 0.0596 e. The molecule has 1 rings (SSSR count). The van der Waals surface area contributed by atoms with Gasteiger partial charge in [-0.05, 0) is 30.9 Å². The van der Waals surface area contributed by atoms with Crippen molar-refractivity contribution in [3.05, 3.63) is 29.6 Å². The van der Waals surface area contributed by atoms with Crippen molar-refractivity contribution in [3.8, 4) is 0 Å². The summed E-state index contributed by atoms with van der Waals surface area (Å²) in [6, 6.07) is 4.12. The molecule has 0 amide bonds. The second-order valence-corrected chi connectivity index (χ2v) is 5.40. The molecule has 0 fully saturated rings. The van der Waals surface area contributed by atoms with Gasteiger partial charge in [-0.1, -0.05) is 26.8 Å². The van der Waals surface area contributed by atoms with Crippen LogP contribution in [0.15, 0.2) is 18.3 Å². The Morgan fingerprint density at radius 3 is 1.93 bits per heavy atom. The van der Waals surface area contributed by atoms with Crippen LogP contribution in [0.5, 0.6) is 0 Å². The summed E-state index contributed by atoms with van der Waals surface area (Å²) >= 11 is 0. The van der Waals surface area contributed by atoms with Crippen molar-refractivity contribution in [1.82, 2.24) is 4.98 Å². The summed E-state index contributed by atoms with van der Waals surface area (Å²) < 4.78 is 0. The molecule has 0 saturated carbocycles. The fourth-order valence-corrected chi connectivity index (χ4v) is 1.22. The van der Waals surface area contributed by atoms with Crippen LogP contribution < -0.4 is 5.73 Å². The van der Waals surface area contributed by atoms with E-state index >= 15 is 0 Å². The van der Waals surface area contributed by atoms with E-state index in [4.69, 9.17) is 5.73 Å². The summed E-state index contributed by atoms with van der Waals surface area (Å²) in [4.78, 5) is 4.39. The highest BCUT2D eigenvalue weighted by Gasteiger charge is 2.18. The molecule has 2 heteroatoms. The molecule has 0 atom stereocenters. The van der Waals surface area contributed by atoms with Crippen molar-refractivity contribution in [2.24, 2.45) is 5.73 Å². The lowest BCUT2D eigenvalue weighted by molar-refractivity contribution is 0.529. The van der Waals surface area contributed by atoms with Gasteiger partial charge in [0.2, 0.25) is 0 Å². The molecule has 2 N–H and O–H groups in total. The molecule has 2 nitrogen and oxygen atoms in total. The van der Waals surface area contributed by atoms with E-state index in [0.717, 1.165) is 5.69 Å². The molecule has 1 heterocycles. The number of pyridine rings is 1. The van der Waals surface area contributed by atoms with Gasteiger partial charge < -0.3 is 5.73 Å². The third kappa shape index (κ3) is 2.55. The van der Waals surface area contributed by atoms with E-state index in [1.54, 1.807) is 0 Å². The second-order valence-electron chi connectivity index (χ2n) is 5.40. The third-order valence-corrected chi connectivity index (χ3v) is 2.29. The third-order valence-electron chi connectivity index (χ3n) is 2.29. The van der Waals surface area contributed by atoms with Gasteiger partial charge in [0.05, 0.1) is 11.2 Å². The lowest BCUT2D eigenvalue weighted by Crippen LogP contribution is -2.30. The molecule has 0 spiro atoms. The second kappa shape index (κ2) is 3.35. The molecule has 1 aromatic heterocycles. The van der Waals surface area contributed by atoms with Crippen molar-refractivity contribution < 1.29 is 0 Å². The molecule has 0 bridgehead atoms. The Bertz CT molecular complexity index is 266.